The second kappa shape index (κ2) is 6.14. The number of hydrogen-bond acceptors (Lipinski definition) is 3. The molecule has 0 radical (unpaired) electrons. The molecule has 0 aromatic carbocycles. The Morgan fingerprint density at radius 2 is 2.15 bits per heavy atom. The Morgan fingerprint density at radius 3 is 2.80 bits per heavy atom. The van der Waals surface area contributed by atoms with Crippen LogP contribution in [0.15, 0.2) is 6.20 Å². The van der Waals surface area contributed by atoms with E-state index in [1.807, 2.05) is 23.7 Å². The zero-order valence-corrected chi connectivity index (χ0v) is 12.9. The minimum Gasteiger partial charge on any atom is -0.337 e. The molecule has 2 aliphatic rings. The third-order valence-corrected chi connectivity index (χ3v) is 4.30. The third kappa shape index (κ3) is 2.83. The number of carbonyl (C=O) groups excluding carboxylic acids is 1. The fraction of sp³-hybridized carbons (Fsp3) is 0.714. The zero-order chi connectivity index (χ0) is 13.4. The van der Waals surface area contributed by atoms with Gasteiger partial charge in [-0.25, -0.2) is 0 Å². The van der Waals surface area contributed by atoms with Gasteiger partial charge in [0.2, 0.25) is 0 Å². The highest BCUT2D eigenvalue weighted by Gasteiger charge is 2.33. The summed E-state index contributed by atoms with van der Waals surface area (Å²) in [6.07, 6.45) is 6.37. The van der Waals surface area contributed by atoms with Gasteiger partial charge < -0.3 is 10.2 Å². The molecule has 1 aliphatic carbocycles. The molecule has 1 aromatic heterocycles. The van der Waals surface area contributed by atoms with E-state index in [9.17, 15) is 4.79 Å². The number of carbonyl (C=O) groups is 1. The molecule has 2 fully saturated rings. The van der Waals surface area contributed by atoms with Crippen molar-refractivity contribution in [2.45, 2.75) is 37.6 Å². The van der Waals surface area contributed by atoms with Crippen molar-refractivity contribution in [3.63, 3.8) is 0 Å². The number of nitrogens with zero attached hydrogens (tertiary/aromatic N) is 3. The van der Waals surface area contributed by atoms with Crippen LogP contribution in [0.25, 0.3) is 0 Å². The minimum atomic E-state index is 0. The lowest BCUT2D eigenvalue weighted by atomic mass is 10.0. The quantitative estimate of drug-likeness (QED) is 0.921. The average Bonchev–Trinajstić information content (AvgIpc) is 3.21. The third-order valence-electron chi connectivity index (χ3n) is 4.30. The van der Waals surface area contributed by atoms with E-state index in [4.69, 9.17) is 0 Å². The number of likely N-dealkylation sites (tertiary alicyclic amines) is 1. The number of nitrogens with one attached hydrogen (secondary N) is 1. The standard InChI is InChI=1S/C14H22N4O.ClH/c1-15-11-4-3-7-18(9-11)14(19)12-8-16-17(2)13(12)10-5-6-10;/h8,10-11,15H,3-7,9H2,1-2H3;1H. The number of piperidine rings is 1. The van der Waals surface area contributed by atoms with Crippen molar-refractivity contribution in [2.75, 3.05) is 20.1 Å². The van der Waals surface area contributed by atoms with Crippen molar-refractivity contribution in [1.82, 2.24) is 20.0 Å². The molecule has 1 amide bonds. The highest BCUT2D eigenvalue weighted by atomic mass is 35.5. The molecular weight excluding hydrogens is 276 g/mol. The number of hydrogen-bond donors (Lipinski definition) is 1. The van der Waals surface area contributed by atoms with E-state index in [1.54, 1.807) is 6.20 Å². The summed E-state index contributed by atoms with van der Waals surface area (Å²) in [7, 11) is 3.91. The molecule has 1 aliphatic heterocycles. The first-order valence-corrected chi connectivity index (χ1v) is 7.19. The predicted molar refractivity (Wildman–Crippen MR) is 80.4 cm³/mol. The molecule has 112 valence electrons. The molecular formula is C14H23ClN4O. The van der Waals surface area contributed by atoms with Crippen LogP contribution in [0, 0.1) is 0 Å². The minimum absolute atomic E-state index is 0. The summed E-state index contributed by atoms with van der Waals surface area (Å²) in [5.74, 6) is 0.714. The van der Waals surface area contributed by atoms with Gasteiger partial charge in [0.1, 0.15) is 0 Å². The van der Waals surface area contributed by atoms with Crippen molar-refractivity contribution in [3.8, 4) is 0 Å². The van der Waals surface area contributed by atoms with Crippen LogP contribution in [-0.4, -0.2) is 46.8 Å². The number of rotatable bonds is 3. The lowest BCUT2D eigenvalue weighted by Gasteiger charge is -2.32. The van der Waals surface area contributed by atoms with Gasteiger partial charge in [-0.3, -0.25) is 9.48 Å². The summed E-state index contributed by atoms with van der Waals surface area (Å²) in [4.78, 5) is 14.7. The number of halogens is 1. The topological polar surface area (TPSA) is 50.2 Å². The first kappa shape index (κ1) is 15.3. The maximum absolute atomic E-state index is 12.7. The van der Waals surface area contributed by atoms with Crippen LogP contribution in [0.1, 0.15) is 47.7 Å². The van der Waals surface area contributed by atoms with E-state index in [2.05, 4.69) is 10.4 Å². The highest BCUT2D eigenvalue weighted by Crippen LogP contribution is 2.41. The van der Waals surface area contributed by atoms with Crippen molar-refractivity contribution in [3.05, 3.63) is 17.5 Å². The van der Waals surface area contributed by atoms with E-state index >= 15 is 0 Å². The molecule has 20 heavy (non-hydrogen) atoms. The molecule has 1 atom stereocenters. The van der Waals surface area contributed by atoms with Gasteiger partial charge in [0.15, 0.2) is 0 Å². The van der Waals surface area contributed by atoms with Crippen LogP contribution in [-0.2, 0) is 7.05 Å². The highest BCUT2D eigenvalue weighted by molar-refractivity contribution is 5.95. The molecule has 0 bridgehead atoms. The van der Waals surface area contributed by atoms with Crippen LogP contribution in [0.3, 0.4) is 0 Å². The molecule has 1 saturated heterocycles. The molecule has 2 heterocycles. The summed E-state index contributed by atoms with van der Waals surface area (Å²) in [6.45, 7) is 1.68. The van der Waals surface area contributed by atoms with E-state index in [-0.39, 0.29) is 18.3 Å². The first-order chi connectivity index (χ1) is 9.20. The van der Waals surface area contributed by atoms with Crippen LogP contribution in [0.2, 0.25) is 0 Å². The van der Waals surface area contributed by atoms with Gasteiger partial charge in [0, 0.05) is 32.1 Å². The maximum Gasteiger partial charge on any atom is 0.257 e. The van der Waals surface area contributed by atoms with Crippen molar-refractivity contribution in [2.24, 2.45) is 7.05 Å². The Morgan fingerprint density at radius 1 is 1.40 bits per heavy atom. The van der Waals surface area contributed by atoms with E-state index in [0.717, 1.165) is 37.2 Å². The van der Waals surface area contributed by atoms with Crippen LogP contribution < -0.4 is 5.32 Å². The summed E-state index contributed by atoms with van der Waals surface area (Å²) in [5, 5.41) is 7.57. The predicted octanol–water partition coefficient (Wildman–Crippen LogP) is 1.54. The van der Waals surface area contributed by atoms with Gasteiger partial charge in [0.25, 0.3) is 5.91 Å². The summed E-state index contributed by atoms with van der Waals surface area (Å²) < 4.78 is 1.88. The fourth-order valence-electron chi connectivity index (χ4n) is 3.02. The second-order valence-electron chi connectivity index (χ2n) is 5.72. The molecule has 1 unspecified atom stereocenters. The van der Waals surface area contributed by atoms with Crippen molar-refractivity contribution >= 4 is 18.3 Å². The lowest BCUT2D eigenvalue weighted by Crippen LogP contribution is -2.47. The molecule has 3 rings (SSSR count). The number of aromatic nitrogens is 2. The van der Waals surface area contributed by atoms with Gasteiger partial charge in [0.05, 0.1) is 17.5 Å². The molecule has 1 aromatic rings. The molecule has 1 saturated carbocycles. The second-order valence-corrected chi connectivity index (χ2v) is 5.72. The van der Waals surface area contributed by atoms with Gasteiger partial charge in [-0.15, -0.1) is 12.4 Å². The van der Waals surface area contributed by atoms with Gasteiger partial charge in [-0.2, -0.15) is 5.10 Å². The zero-order valence-electron chi connectivity index (χ0n) is 12.1. The Labute approximate surface area is 126 Å². The average molecular weight is 299 g/mol. The molecule has 5 nitrogen and oxygen atoms in total. The normalized spacial score (nSPS) is 22.5. The summed E-state index contributed by atoms with van der Waals surface area (Å²) >= 11 is 0. The van der Waals surface area contributed by atoms with E-state index < -0.39 is 0 Å². The number of likely N-dealkylation sites (N-methyl/N-ethyl adjacent to an activating group) is 1. The van der Waals surface area contributed by atoms with Crippen molar-refractivity contribution in [1.29, 1.82) is 0 Å². The van der Waals surface area contributed by atoms with E-state index in [1.165, 1.54) is 12.8 Å². The molecule has 1 N–H and O–H groups in total. The first-order valence-electron chi connectivity index (χ1n) is 7.19. The van der Waals surface area contributed by atoms with Crippen LogP contribution >= 0.6 is 12.4 Å². The Bertz CT molecular complexity index is 484. The molecule has 0 spiro atoms. The Balaban J connectivity index is 0.00000147. The Hall–Kier alpha value is -1.07. The van der Waals surface area contributed by atoms with E-state index in [0.29, 0.717) is 12.0 Å². The number of aryl methyl sites for hydroxylation is 1. The maximum atomic E-state index is 12.7. The largest absolute Gasteiger partial charge is 0.337 e. The monoisotopic (exact) mass is 298 g/mol. The van der Waals surface area contributed by atoms with Crippen molar-refractivity contribution < 1.29 is 4.79 Å². The van der Waals surface area contributed by atoms with Crippen LogP contribution in [0.5, 0.6) is 0 Å². The molecule has 6 heteroatoms. The lowest BCUT2D eigenvalue weighted by molar-refractivity contribution is 0.0697. The van der Waals surface area contributed by atoms with Crippen LogP contribution in [0.4, 0.5) is 0 Å². The SMILES string of the molecule is CNC1CCCN(C(=O)c2cnn(C)c2C2CC2)C1.Cl. The smallest absolute Gasteiger partial charge is 0.257 e. The summed E-state index contributed by atoms with van der Waals surface area (Å²) in [6, 6.07) is 0.429. The summed E-state index contributed by atoms with van der Waals surface area (Å²) in [5.41, 5.74) is 1.96. The van der Waals surface area contributed by atoms with Gasteiger partial charge in [-0.1, -0.05) is 0 Å². The van der Waals surface area contributed by atoms with Gasteiger partial charge >= 0.3 is 0 Å². The van der Waals surface area contributed by atoms with Gasteiger partial charge in [-0.05, 0) is 32.7 Å². The number of amides is 1. The fourth-order valence-corrected chi connectivity index (χ4v) is 3.02. The Kier molecular flexibility index (Phi) is 4.70.